The van der Waals surface area contributed by atoms with Crippen molar-refractivity contribution < 1.29 is 18.0 Å². The van der Waals surface area contributed by atoms with Gasteiger partial charge in [0.05, 0.1) is 34.9 Å². The Morgan fingerprint density at radius 1 is 1.14 bits per heavy atom. The number of hydrogen-bond acceptors (Lipinski definition) is 5. The minimum Gasteiger partial charge on any atom is -0.322 e. The third kappa shape index (κ3) is 4.57. The summed E-state index contributed by atoms with van der Waals surface area (Å²) in [7, 11) is 1.82. The summed E-state index contributed by atoms with van der Waals surface area (Å²) < 4.78 is 43.6. The summed E-state index contributed by atoms with van der Waals surface area (Å²) in [6.07, 6.45) is 1.48. The zero-order valence-corrected chi connectivity index (χ0v) is 19.5. The molecule has 4 rings (SSSR count). The molecule has 0 aliphatic carbocycles. The summed E-state index contributed by atoms with van der Waals surface area (Å²) in [6.45, 7) is 8.59. The van der Waals surface area contributed by atoms with Gasteiger partial charge in [0, 0.05) is 30.2 Å². The smallest absolute Gasteiger partial charge is 0.322 e. The van der Waals surface area contributed by atoms with Crippen molar-refractivity contribution in [2.75, 3.05) is 5.32 Å². The molecule has 0 spiro atoms. The highest BCUT2D eigenvalue weighted by molar-refractivity contribution is 6.04. The van der Waals surface area contributed by atoms with Crippen LogP contribution in [-0.2, 0) is 13.2 Å². The quantitative estimate of drug-likeness (QED) is 0.438. The molecule has 0 aliphatic heterocycles. The van der Waals surface area contributed by atoms with Crippen LogP contribution in [0.3, 0.4) is 0 Å². The lowest BCUT2D eigenvalue weighted by molar-refractivity contribution is -0.138. The molecule has 3 aromatic heterocycles. The van der Waals surface area contributed by atoms with E-state index in [-0.39, 0.29) is 22.4 Å². The van der Waals surface area contributed by atoms with E-state index in [1.54, 1.807) is 30.1 Å². The van der Waals surface area contributed by atoms with Crippen LogP contribution in [0.15, 0.2) is 43.4 Å². The van der Waals surface area contributed by atoms with Gasteiger partial charge in [0.1, 0.15) is 5.69 Å². The van der Waals surface area contributed by atoms with Crippen molar-refractivity contribution in [1.29, 1.82) is 0 Å². The van der Waals surface area contributed by atoms with Crippen molar-refractivity contribution in [2.24, 2.45) is 7.05 Å². The second kappa shape index (κ2) is 8.82. The normalized spacial score (nSPS) is 11.5. The highest BCUT2D eigenvalue weighted by Crippen LogP contribution is 2.35. The molecule has 1 aromatic carbocycles. The van der Waals surface area contributed by atoms with Gasteiger partial charge in [-0.2, -0.15) is 18.3 Å². The van der Waals surface area contributed by atoms with Gasteiger partial charge in [-0.1, -0.05) is 17.9 Å². The van der Waals surface area contributed by atoms with Gasteiger partial charge < -0.3 is 5.32 Å². The van der Waals surface area contributed by atoms with E-state index in [0.29, 0.717) is 17.1 Å². The lowest BCUT2D eigenvalue weighted by atomic mass is 10.0. The number of nitrogens with one attached hydrogen (secondary N) is 1. The number of carbonyl (C=O) groups excluding carboxylic acids is 1. The van der Waals surface area contributed by atoms with Gasteiger partial charge in [0.15, 0.2) is 0 Å². The molecular formula is C24H22F3N7O. The first-order valence-corrected chi connectivity index (χ1v) is 10.5. The number of aryl methyl sites for hydroxylation is 2. The molecule has 1 N–H and O–H groups in total. The fraction of sp³-hybridized carbons (Fsp3) is 0.208. The van der Waals surface area contributed by atoms with Crippen molar-refractivity contribution in [1.82, 2.24) is 29.8 Å². The first-order chi connectivity index (χ1) is 16.5. The van der Waals surface area contributed by atoms with Gasteiger partial charge in [0.2, 0.25) is 0 Å². The Balaban J connectivity index is 1.65. The van der Waals surface area contributed by atoms with Crippen LogP contribution >= 0.6 is 0 Å². The average Bonchev–Trinajstić information content (AvgIpc) is 3.41. The topological polar surface area (TPSA) is 90.5 Å². The molecule has 0 fully saturated rings. The Morgan fingerprint density at radius 3 is 2.51 bits per heavy atom. The van der Waals surface area contributed by atoms with Gasteiger partial charge in [0.25, 0.3) is 5.91 Å². The van der Waals surface area contributed by atoms with Gasteiger partial charge >= 0.3 is 6.18 Å². The number of halogens is 3. The summed E-state index contributed by atoms with van der Waals surface area (Å²) >= 11 is 0. The lowest BCUT2D eigenvalue weighted by Crippen LogP contribution is -2.16. The molecular weight excluding hydrogens is 459 g/mol. The van der Waals surface area contributed by atoms with Crippen LogP contribution < -0.4 is 5.32 Å². The molecule has 0 saturated carbocycles. The number of hydrogen-bond donors (Lipinski definition) is 1. The molecule has 0 aliphatic rings. The monoisotopic (exact) mass is 481 g/mol. The maximum absolute atomic E-state index is 13.5. The average molecular weight is 481 g/mol. The number of anilines is 1. The maximum atomic E-state index is 13.5. The van der Waals surface area contributed by atoms with E-state index < -0.39 is 17.6 Å². The summed E-state index contributed by atoms with van der Waals surface area (Å²) in [6, 6.07) is 3.90. The van der Waals surface area contributed by atoms with Crippen LogP contribution in [0.4, 0.5) is 18.9 Å². The zero-order valence-electron chi connectivity index (χ0n) is 19.5. The second-order valence-electron chi connectivity index (χ2n) is 8.04. The van der Waals surface area contributed by atoms with Crippen LogP contribution in [0.5, 0.6) is 0 Å². The molecule has 0 bridgehead atoms. The van der Waals surface area contributed by atoms with E-state index in [0.717, 1.165) is 17.3 Å². The largest absolute Gasteiger partial charge is 0.416 e. The highest BCUT2D eigenvalue weighted by Gasteiger charge is 2.33. The van der Waals surface area contributed by atoms with Gasteiger partial charge in [-0.25, -0.2) is 4.68 Å². The summed E-state index contributed by atoms with van der Waals surface area (Å²) in [5, 5.41) is 15.1. The van der Waals surface area contributed by atoms with Crippen molar-refractivity contribution in [3.05, 3.63) is 77.0 Å². The Labute approximate surface area is 199 Å². The number of benzene rings is 1. The Morgan fingerprint density at radius 2 is 1.89 bits per heavy atom. The number of amides is 1. The van der Waals surface area contributed by atoms with Gasteiger partial charge in [-0.05, 0) is 50.1 Å². The fourth-order valence-electron chi connectivity index (χ4n) is 3.65. The highest BCUT2D eigenvalue weighted by atomic mass is 19.4. The number of pyridine rings is 1. The standard InChI is InChI=1S/C24H22F3N7O/c1-6-16-7-18(9-20(13(16)2)24(25,26)27)30-23(35)17-8-22(14(3)28-10-17)34-12-21(31-32-34)19-11-29-33(5)15(19)4/h6-12H,1H2,2-5H3,(H,30,35). The summed E-state index contributed by atoms with van der Waals surface area (Å²) in [4.78, 5) is 17.2. The molecule has 8 nitrogen and oxygen atoms in total. The predicted molar refractivity (Wildman–Crippen MR) is 125 cm³/mol. The van der Waals surface area contributed by atoms with E-state index in [9.17, 15) is 18.0 Å². The maximum Gasteiger partial charge on any atom is 0.416 e. The molecule has 1 amide bonds. The van der Waals surface area contributed by atoms with E-state index in [1.807, 2.05) is 14.0 Å². The number of rotatable bonds is 5. The SMILES string of the molecule is C=Cc1cc(NC(=O)c2cnc(C)c(-n3cc(-c4cnn(C)c4C)nn3)c2)cc(C(F)(F)F)c1C. The Hall–Kier alpha value is -4.28. The third-order valence-corrected chi connectivity index (χ3v) is 5.80. The Kier molecular flexibility index (Phi) is 6.01. The molecule has 0 unspecified atom stereocenters. The first-order valence-electron chi connectivity index (χ1n) is 10.5. The number of nitrogens with zero attached hydrogens (tertiary/aromatic N) is 6. The fourth-order valence-corrected chi connectivity index (χ4v) is 3.65. The molecule has 3 heterocycles. The Bertz CT molecular complexity index is 1450. The van der Waals surface area contributed by atoms with Crippen molar-refractivity contribution >= 4 is 17.7 Å². The lowest BCUT2D eigenvalue weighted by Gasteiger charge is -2.16. The minimum absolute atomic E-state index is 0.0000416. The number of alkyl halides is 3. The summed E-state index contributed by atoms with van der Waals surface area (Å²) in [5.41, 5.74) is 3.04. The van der Waals surface area contributed by atoms with Crippen molar-refractivity contribution in [2.45, 2.75) is 26.9 Å². The van der Waals surface area contributed by atoms with Gasteiger partial charge in [-0.3, -0.25) is 14.5 Å². The van der Waals surface area contributed by atoms with E-state index in [4.69, 9.17) is 0 Å². The van der Waals surface area contributed by atoms with E-state index in [2.05, 4.69) is 32.3 Å². The zero-order chi connectivity index (χ0) is 25.5. The van der Waals surface area contributed by atoms with E-state index >= 15 is 0 Å². The molecule has 0 radical (unpaired) electrons. The van der Waals surface area contributed by atoms with E-state index in [1.165, 1.54) is 29.9 Å². The third-order valence-electron chi connectivity index (χ3n) is 5.80. The van der Waals surface area contributed by atoms with Crippen molar-refractivity contribution in [3.8, 4) is 16.9 Å². The molecule has 11 heteroatoms. The first kappa shape index (κ1) is 23.9. The molecule has 0 atom stereocenters. The minimum atomic E-state index is -4.57. The van der Waals surface area contributed by atoms with Crippen LogP contribution in [0, 0.1) is 20.8 Å². The van der Waals surface area contributed by atoms with Crippen LogP contribution in [0.25, 0.3) is 23.0 Å². The number of carbonyl (C=O) groups is 1. The molecule has 4 aromatic rings. The van der Waals surface area contributed by atoms with Crippen LogP contribution in [-0.4, -0.2) is 35.7 Å². The van der Waals surface area contributed by atoms with Crippen LogP contribution in [0.2, 0.25) is 0 Å². The predicted octanol–water partition coefficient (Wildman–Crippen LogP) is 4.90. The van der Waals surface area contributed by atoms with Crippen molar-refractivity contribution in [3.63, 3.8) is 0 Å². The second-order valence-corrected chi connectivity index (χ2v) is 8.04. The molecule has 35 heavy (non-hydrogen) atoms. The molecule has 180 valence electrons. The molecule has 0 saturated heterocycles. The van der Waals surface area contributed by atoms with Gasteiger partial charge in [-0.15, -0.1) is 5.10 Å². The number of aromatic nitrogens is 6. The summed E-state index contributed by atoms with van der Waals surface area (Å²) in [5.74, 6) is -0.616. The van der Waals surface area contributed by atoms with Crippen LogP contribution in [0.1, 0.15) is 38.4 Å².